The summed E-state index contributed by atoms with van der Waals surface area (Å²) in [6.45, 7) is 0. The zero-order valence-corrected chi connectivity index (χ0v) is 12.9. The van der Waals surface area contributed by atoms with E-state index >= 15 is 0 Å². The summed E-state index contributed by atoms with van der Waals surface area (Å²) in [5, 5.41) is 4.59. The number of aryl methyl sites for hydroxylation is 2. The van der Waals surface area contributed by atoms with Crippen molar-refractivity contribution in [2.45, 2.75) is 25.3 Å². The van der Waals surface area contributed by atoms with Gasteiger partial charge >= 0.3 is 0 Å². The largest absolute Gasteiger partial charge is 0.309 e. The molecular weight excluding hydrogens is 289 g/mol. The third kappa shape index (κ3) is 2.46. The average molecular weight is 306 g/mol. The maximum Gasteiger partial charge on any atom is 0.0643 e. The first-order chi connectivity index (χ1) is 9.70. The Kier molecular flexibility index (Phi) is 4.02. The number of halogens is 2. The normalized spacial score (nSPS) is 15.2. The molecule has 1 aliphatic carbocycles. The highest BCUT2D eigenvalue weighted by atomic mass is 35.5. The molecule has 0 heterocycles. The third-order valence-corrected chi connectivity index (χ3v) is 4.87. The molecule has 1 atom stereocenters. The van der Waals surface area contributed by atoms with Crippen LogP contribution in [0.4, 0.5) is 0 Å². The minimum absolute atomic E-state index is 0.0760. The Morgan fingerprint density at radius 3 is 2.65 bits per heavy atom. The van der Waals surface area contributed by atoms with Gasteiger partial charge in [0.05, 0.1) is 16.1 Å². The summed E-state index contributed by atoms with van der Waals surface area (Å²) in [4.78, 5) is 0. The van der Waals surface area contributed by atoms with E-state index in [-0.39, 0.29) is 6.04 Å². The lowest BCUT2D eigenvalue weighted by Crippen LogP contribution is -2.18. The fraction of sp³-hybridized carbons (Fsp3) is 0.294. The smallest absolute Gasteiger partial charge is 0.0643 e. The molecule has 104 valence electrons. The monoisotopic (exact) mass is 305 g/mol. The van der Waals surface area contributed by atoms with Crippen LogP contribution in [-0.2, 0) is 12.8 Å². The SMILES string of the molecule is CNC(c1ccc2c(c1)CCC2)c1cccc(Cl)c1Cl. The van der Waals surface area contributed by atoms with Gasteiger partial charge in [0.15, 0.2) is 0 Å². The van der Waals surface area contributed by atoms with E-state index in [4.69, 9.17) is 23.2 Å². The highest BCUT2D eigenvalue weighted by Gasteiger charge is 2.19. The van der Waals surface area contributed by atoms with Crippen LogP contribution in [0.25, 0.3) is 0 Å². The van der Waals surface area contributed by atoms with Gasteiger partial charge in [-0.05, 0) is 54.6 Å². The number of nitrogens with one attached hydrogen (secondary N) is 1. The highest BCUT2D eigenvalue weighted by Crippen LogP contribution is 2.34. The molecule has 0 spiro atoms. The summed E-state index contributed by atoms with van der Waals surface area (Å²) < 4.78 is 0. The maximum absolute atomic E-state index is 6.36. The highest BCUT2D eigenvalue weighted by molar-refractivity contribution is 6.42. The molecule has 2 aromatic carbocycles. The van der Waals surface area contributed by atoms with Gasteiger partial charge in [0.1, 0.15) is 0 Å². The molecule has 0 bridgehead atoms. The molecule has 0 aliphatic heterocycles. The van der Waals surface area contributed by atoms with Gasteiger partial charge in [-0.25, -0.2) is 0 Å². The van der Waals surface area contributed by atoms with Crippen LogP contribution in [-0.4, -0.2) is 7.05 Å². The van der Waals surface area contributed by atoms with Crippen LogP contribution in [0, 0.1) is 0 Å². The molecule has 2 aromatic rings. The Hall–Kier alpha value is -1.02. The minimum Gasteiger partial charge on any atom is -0.309 e. The molecule has 0 radical (unpaired) electrons. The van der Waals surface area contributed by atoms with Gasteiger partial charge < -0.3 is 5.32 Å². The van der Waals surface area contributed by atoms with Gasteiger partial charge in [0, 0.05) is 0 Å². The van der Waals surface area contributed by atoms with E-state index in [2.05, 4.69) is 23.5 Å². The molecule has 1 nitrogen and oxygen atoms in total. The van der Waals surface area contributed by atoms with Crippen molar-refractivity contribution in [1.29, 1.82) is 0 Å². The van der Waals surface area contributed by atoms with E-state index < -0.39 is 0 Å². The summed E-state index contributed by atoms with van der Waals surface area (Å²) in [7, 11) is 1.95. The Labute approximate surface area is 129 Å². The van der Waals surface area contributed by atoms with Crippen LogP contribution < -0.4 is 5.32 Å². The van der Waals surface area contributed by atoms with E-state index in [1.165, 1.54) is 36.0 Å². The Morgan fingerprint density at radius 2 is 1.85 bits per heavy atom. The zero-order valence-electron chi connectivity index (χ0n) is 11.4. The fourth-order valence-corrected chi connectivity index (χ4v) is 3.43. The van der Waals surface area contributed by atoms with Crippen LogP contribution in [0.5, 0.6) is 0 Å². The summed E-state index contributed by atoms with van der Waals surface area (Å²) in [6.07, 6.45) is 3.65. The molecule has 1 unspecified atom stereocenters. The Balaban J connectivity index is 2.03. The van der Waals surface area contributed by atoms with E-state index in [0.717, 1.165) is 5.56 Å². The van der Waals surface area contributed by atoms with Crippen molar-refractivity contribution < 1.29 is 0 Å². The Morgan fingerprint density at radius 1 is 1.05 bits per heavy atom. The number of benzene rings is 2. The molecule has 0 fully saturated rings. The van der Waals surface area contributed by atoms with Crippen molar-refractivity contribution >= 4 is 23.2 Å². The van der Waals surface area contributed by atoms with Crippen molar-refractivity contribution in [3.05, 3.63) is 68.7 Å². The molecule has 0 aromatic heterocycles. The predicted molar refractivity (Wildman–Crippen MR) is 85.8 cm³/mol. The predicted octanol–water partition coefficient (Wildman–Crippen LogP) is 4.79. The first-order valence-corrected chi connectivity index (χ1v) is 7.69. The minimum atomic E-state index is 0.0760. The van der Waals surface area contributed by atoms with Crippen LogP contribution in [0.2, 0.25) is 10.0 Å². The second kappa shape index (κ2) is 5.77. The van der Waals surface area contributed by atoms with Gasteiger partial charge in [0.2, 0.25) is 0 Å². The van der Waals surface area contributed by atoms with E-state index in [0.29, 0.717) is 10.0 Å². The first-order valence-electron chi connectivity index (χ1n) is 6.93. The van der Waals surface area contributed by atoms with Gasteiger partial charge in [-0.2, -0.15) is 0 Å². The van der Waals surface area contributed by atoms with Gasteiger partial charge in [-0.3, -0.25) is 0 Å². The van der Waals surface area contributed by atoms with E-state index in [1.54, 1.807) is 0 Å². The summed E-state index contributed by atoms with van der Waals surface area (Å²) in [6, 6.07) is 12.6. The lowest BCUT2D eigenvalue weighted by atomic mass is 9.96. The molecule has 1 N–H and O–H groups in total. The molecule has 0 saturated carbocycles. The van der Waals surface area contributed by atoms with Crippen molar-refractivity contribution in [2.24, 2.45) is 0 Å². The maximum atomic E-state index is 6.36. The standard InChI is InChI=1S/C17H17Cl2N/c1-20-17(14-6-3-7-15(18)16(14)19)13-9-8-11-4-2-5-12(11)10-13/h3,6-10,17,20H,2,4-5H2,1H3. The van der Waals surface area contributed by atoms with Crippen LogP contribution in [0.15, 0.2) is 36.4 Å². The first kappa shape index (κ1) is 13.9. The number of hydrogen-bond acceptors (Lipinski definition) is 1. The van der Waals surface area contributed by atoms with Crippen LogP contribution in [0.1, 0.15) is 34.7 Å². The molecule has 20 heavy (non-hydrogen) atoms. The van der Waals surface area contributed by atoms with Crippen LogP contribution >= 0.6 is 23.2 Å². The fourth-order valence-electron chi connectivity index (χ4n) is 3.02. The molecule has 3 heteroatoms. The van der Waals surface area contributed by atoms with Crippen molar-refractivity contribution in [2.75, 3.05) is 7.05 Å². The number of hydrogen-bond donors (Lipinski definition) is 1. The topological polar surface area (TPSA) is 12.0 Å². The zero-order chi connectivity index (χ0) is 14.1. The lowest BCUT2D eigenvalue weighted by molar-refractivity contribution is 0.691. The average Bonchev–Trinajstić information content (AvgIpc) is 2.92. The van der Waals surface area contributed by atoms with Gasteiger partial charge in [-0.15, -0.1) is 0 Å². The molecule has 0 amide bonds. The van der Waals surface area contributed by atoms with E-state index in [1.807, 2.05) is 25.2 Å². The summed E-state index contributed by atoms with van der Waals surface area (Å²) in [5.74, 6) is 0. The molecule has 3 rings (SSSR count). The molecular formula is C17H17Cl2N. The molecule has 0 saturated heterocycles. The van der Waals surface area contributed by atoms with E-state index in [9.17, 15) is 0 Å². The van der Waals surface area contributed by atoms with Crippen LogP contribution in [0.3, 0.4) is 0 Å². The van der Waals surface area contributed by atoms with Gasteiger partial charge in [0.25, 0.3) is 0 Å². The Bertz CT molecular complexity index is 637. The lowest BCUT2D eigenvalue weighted by Gasteiger charge is -2.20. The van der Waals surface area contributed by atoms with Gasteiger partial charge in [-0.1, -0.05) is 53.5 Å². The van der Waals surface area contributed by atoms with Crippen molar-refractivity contribution in [1.82, 2.24) is 5.32 Å². The van der Waals surface area contributed by atoms with Crippen molar-refractivity contribution in [3.63, 3.8) is 0 Å². The molecule has 1 aliphatic rings. The second-order valence-electron chi connectivity index (χ2n) is 5.25. The number of rotatable bonds is 3. The third-order valence-electron chi connectivity index (χ3n) is 4.04. The quantitative estimate of drug-likeness (QED) is 0.859. The van der Waals surface area contributed by atoms with Crippen molar-refractivity contribution in [3.8, 4) is 0 Å². The summed E-state index contributed by atoms with van der Waals surface area (Å²) in [5.41, 5.74) is 5.23. The number of fused-ring (bicyclic) bond motifs is 1. The summed E-state index contributed by atoms with van der Waals surface area (Å²) >= 11 is 12.5. The second-order valence-corrected chi connectivity index (χ2v) is 6.03.